The van der Waals surface area contributed by atoms with Crippen LogP contribution in [0.5, 0.6) is 0 Å². The summed E-state index contributed by atoms with van der Waals surface area (Å²) in [5, 5.41) is 8.67. The average molecular weight is 242 g/mol. The number of rotatable bonds is 2. The summed E-state index contributed by atoms with van der Waals surface area (Å²) < 4.78 is 2.27. The van der Waals surface area contributed by atoms with Crippen molar-refractivity contribution in [3.8, 4) is 11.4 Å². The Bertz CT molecular complexity index is 527. The zero-order chi connectivity index (χ0) is 12.4. The molecule has 1 aromatic carbocycles. The SMILES string of the molecule is NCc1ccc(-c2nnc3n2CCCCC3)cc1. The van der Waals surface area contributed by atoms with Gasteiger partial charge in [-0.1, -0.05) is 30.7 Å². The second kappa shape index (κ2) is 4.90. The molecule has 0 spiro atoms. The topological polar surface area (TPSA) is 56.7 Å². The van der Waals surface area contributed by atoms with Crippen molar-refractivity contribution in [3.63, 3.8) is 0 Å². The Hall–Kier alpha value is -1.68. The molecule has 1 aliphatic rings. The molecule has 4 nitrogen and oxygen atoms in total. The Morgan fingerprint density at radius 3 is 2.67 bits per heavy atom. The summed E-state index contributed by atoms with van der Waals surface area (Å²) in [5.41, 5.74) is 7.90. The van der Waals surface area contributed by atoms with E-state index in [-0.39, 0.29) is 0 Å². The maximum Gasteiger partial charge on any atom is 0.163 e. The summed E-state index contributed by atoms with van der Waals surface area (Å²) in [7, 11) is 0. The van der Waals surface area contributed by atoms with Crippen molar-refractivity contribution >= 4 is 0 Å². The number of benzene rings is 1. The van der Waals surface area contributed by atoms with Gasteiger partial charge in [-0.2, -0.15) is 0 Å². The van der Waals surface area contributed by atoms with Crippen molar-refractivity contribution in [1.82, 2.24) is 14.8 Å². The zero-order valence-electron chi connectivity index (χ0n) is 10.5. The predicted molar refractivity (Wildman–Crippen MR) is 70.9 cm³/mol. The number of hydrogen-bond donors (Lipinski definition) is 1. The predicted octanol–water partition coefficient (Wildman–Crippen LogP) is 2.13. The third kappa shape index (κ3) is 2.04. The Morgan fingerprint density at radius 2 is 1.89 bits per heavy atom. The van der Waals surface area contributed by atoms with Gasteiger partial charge in [0.05, 0.1) is 0 Å². The van der Waals surface area contributed by atoms with Gasteiger partial charge >= 0.3 is 0 Å². The number of aromatic nitrogens is 3. The Kier molecular flexibility index (Phi) is 3.11. The van der Waals surface area contributed by atoms with Crippen LogP contribution < -0.4 is 5.73 Å². The second-order valence-electron chi connectivity index (χ2n) is 4.80. The van der Waals surface area contributed by atoms with E-state index in [4.69, 9.17) is 5.73 Å². The molecule has 2 heterocycles. The van der Waals surface area contributed by atoms with Crippen LogP contribution in [-0.2, 0) is 19.5 Å². The lowest BCUT2D eigenvalue weighted by atomic mass is 10.1. The standard InChI is InChI=1S/C14H18N4/c15-10-11-5-7-12(8-6-11)14-17-16-13-4-2-1-3-9-18(13)14/h5-8H,1-4,9-10,15H2. The molecular formula is C14H18N4. The van der Waals surface area contributed by atoms with Gasteiger partial charge in [0.1, 0.15) is 5.82 Å². The van der Waals surface area contributed by atoms with Crippen molar-refractivity contribution in [3.05, 3.63) is 35.7 Å². The number of hydrogen-bond acceptors (Lipinski definition) is 3. The average Bonchev–Trinajstić information content (AvgIpc) is 2.68. The smallest absolute Gasteiger partial charge is 0.163 e. The van der Waals surface area contributed by atoms with Gasteiger partial charge < -0.3 is 10.3 Å². The highest BCUT2D eigenvalue weighted by Gasteiger charge is 2.15. The molecule has 2 aromatic rings. The molecule has 0 fully saturated rings. The summed E-state index contributed by atoms with van der Waals surface area (Å²) in [6, 6.07) is 8.30. The summed E-state index contributed by atoms with van der Waals surface area (Å²) in [6.45, 7) is 1.62. The van der Waals surface area contributed by atoms with Crippen molar-refractivity contribution < 1.29 is 0 Å². The first-order valence-electron chi connectivity index (χ1n) is 6.60. The van der Waals surface area contributed by atoms with Crippen LogP contribution >= 0.6 is 0 Å². The van der Waals surface area contributed by atoms with E-state index < -0.39 is 0 Å². The van der Waals surface area contributed by atoms with E-state index in [2.05, 4.69) is 39.0 Å². The lowest BCUT2D eigenvalue weighted by molar-refractivity contribution is 0.636. The first-order chi connectivity index (χ1) is 8.88. The van der Waals surface area contributed by atoms with Gasteiger partial charge in [-0.3, -0.25) is 0 Å². The molecular weight excluding hydrogens is 224 g/mol. The fourth-order valence-corrected chi connectivity index (χ4v) is 2.49. The first kappa shape index (κ1) is 11.4. The molecule has 0 radical (unpaired) electrons. The summed E-state index contributed by atoms with van der Waals surface area (Å²) in [5.74, 6) is 2.13. The van der Waals surface area contributed by atoms with Crippen LogP contribution in [0.1, 0.15) is 30.7 Å². The second-order valence-corrected chi connectivity index (χ2v) is 4.80. The van der Waals surface area contributed by atoms with Crippen LogP contribution in [0.25, 0.3) is 11.4 Å². The molecule has 4 heteroatoms. The van der Waals surface area contributed by atoms with Crippen molar-refractivity contribution in [2.45, 2.75) is 38.8 Å². The quantitative estimate of drug-likeness (QED) is 0.877. The monoisotopic (exact) mass is 242 g/mol. The highest BCUT2D eigenvalue weighted by atomic mass is 15.3. The Labute approximate surface area is 107 Å². The van der Waals surface area contributed by atoms with Gasteiger partial charge in [0.25, 0.3) is 0 Å². The lowest BCUT2D eigenvalue weighted by Crippen LogP contribution is -2.03. The van der Waals surface area contributed by atoms with Crippen LogP contribution in [0.2, 0.25) is 0 Å². The molecule has 1 aliphatic heterocycles. The van der Waals surface area contributed by atoms with Gasteiger partial charge in [-0.25, -0.2) is 0 Å². The molecule has 0 saturated carbocycles. The minimum atomic E-state index is 0.582. The molecule has 1 aromatic heterocycles. The van der Waals surface area contributed by atoms with Crippen LogP contribution in [0, 0.1) is 0 Å². The molecule has 3 rings (SSSR count). The number of nitrogens with two attached hydrogens (primary N) is 1. The van der Waals surface area contributed by atoms with Crippen LogP contribution in [0.3, 0.4) is 0 Å². The van der Waals surface area contributed by atoms with E-state index in [0.717, 1.165) is 35.7 Å². The zero-order valence-corrected chi connectivity index (χ0v) is 10.5. The molecule has 0 unspecified atom stereocenters. The minimum Gasteiger partial charge on any atom is -0.326 e. The molecule has 2 N–H and O–H groups in total. The van der Waals surface area contributed by atoms with E-state index in [1.807, 2.05) is 0 Å². The van der Waals surface area contributed by atoms with E-state index in [1.54, 1.807) is 0 Å². The van der Waals surface area contributed by atoms with E-state index in [9.17, 15) is 0 Å². The van der Waals surface area contributed by atoms with Crippen molar-refractivity contribution in [1.29, 1.82) is 0 Å². The number of nitrogens with zero attached hydrogens (tertiary/aromatic N) is 3. The summed E-state index contributed by atoms with van der Waals surface area (Å²) in [6.07, 6.45) is 4.78. The molecule has 0 aliphatic carbocycles. The van der Waals surface area contributed by atoms with Crippen LogP contribution in [0.4, 0.5) is 0 Å². The Morgan fingerprint density at radius 1 is 1.06 bits per heavy atom. The molecule has 0 atom stereocenters. The van der Waals surface area contributed by atoms with Gasteiger partial charge in [0.2, 0.25) is 0 Å². The fourth-order valence-electron chi connectivity index (χ4n) is 2.49. The van der Waals surface area contributed by atoms with Crippen LogP contribution in [-0.4, -0.2) is 14.8 Å². The van der Waals surface area contributed by atoms with Gasteiger partial charge in [0, 0.05) is 25.1 Å². The van der Waals surface area contributed by atoms with E-state index >= 15 is 0 Å². The third-order valence-electron chi connectivity index (χ3n) is 3.56. The van der Waals surface area contributed by atoms with Gasteiger partial charge in [-0.15, -0.1) is 10.2 Å². The fraction of sp³-hybridized carbons (Fsp3) is 0.429. The molecule has 0 saturated heterocycles. The Balaban J connectivity index is 1.98. The largest absolute Gasteiger partial charge is 0.326 e. The number of aryl methyl sites for hydroxylation is 1. The van der Waals surface area contributed by atoms with Gasteiger partial charge in [-0.05, 0) is 18.4 Å². The summed E-state index contributed by atoms with van der Waals surface area (Å²) >= 11 is 0. The third-order valence-corrected chi connectivity index (χ3v) is 3.56. The van der Waals surface area contributed by atoms with E-state index in [1.165, 1.54) is 19.3 Å². The maximum atomic E-state index is 5.62. The molecule has 18 heavy (non-hydrogen) atoms. The van der Waals surface area contributed by atoms with E-state index in [0.29, 0.717) is 6.54 Å². The highest BCUT2D eigenvalue weighted by Crippen LogP contribution is 2.22. The highest BCUT2D eigenvalue weighted by molar-refractivity contribution is 5.56. The minimum absolute atomic E-state index is 0.582. The lowest BCUT2D eigenvalue weighted by Gasteiger charge is -2.07. The summed E-state index contributed by atoms with van der Waals surface area (Å²) in [4.78, 5) is 0. The molecule has 0 amide bonds. The normalized spacial score (nSPS) is 15.2. The first-order valence-corrected chi connectivity index (χ1v) is 6.60. The van der Waals surface area contributed by atoms with Crippen molar-refractivity contribution in [2.75, 3.05) is 0 Å². The number of fused-ring (bicyclic) bond motifs is 1. The maximum absolute atomic E-state index is 5.62. The van der Waals surface area contributed by atoms with Crippen LogP contribution in [0.15, 0.2) is 24.3 Å². The molecule has 0 bridgehead atoms. The van der Waals surface area contributed by atoms with Crippen molar-refractivity contribution in [2.24, 2.45) is 5.73 Å². The molecule has 94 valence electrons. The van der Waals surface area contributed by atoms with Gasteiger partial charge in [0.15, 0.2) is 5.82 Å².